The first-order valence-electron chi connectivity index (χ1n) is 8.77. The second-order valence-corrected chi connectivity index (χ2v) is 9.23. The quantitative estimate of drug-likeness (QED) is 0.722. The summed E-state index contributed by atoms with van der Waals surface area (Å²) in [6, 6.07) is -0.448. The van der Waals surface area contributed by atoms with Crippen LogP contribution in [-0.4, -0.2) is 61.5 Å². The summed E-state index contributed by atoms with van der Waals surface area (Å²) in [6.45, 7) is 6.07. The van der Waals surface area contributed by atoms with Crippen LogP contribution in [0, 0.1) is 12.8 Å². The van der Waals surface area contributed by atoms with E-state index in [0.717, 1.165) is 0 Å². The molecule has 2 bridgehead atoms. The summed E-state index contributed by atoms with van der Waals surface area (Å²) in [5.74, 6) is 0.347. The van der Waals surface area contributed by atoms with Gasteiger partial charge in [-0.1, -0.05) is 13.8 Å². The highest BCUT2D eigenvalue weighted by molar-refractivity contribution is 7.88. The third kappa shape index (κ3) is 2.64. The van der Waals surface area contributed by atoms with Gasteiger partial charge in [-0.25, -0.2) is 22.9 Å². The lowest BCUT2D eigenvalue weighted by Crippen LogP contribution is -2.49. The Morgan fingerprint density at radius 3 is 2.70 bits per heavy atom. The minimum Gasteiger partial charge on any atom is -0.348 e. The first-order valence-corrected chi connectivity index (χ1v) is 10.6. The van der Waals surface area contributed by atoms with Crippen molar-refractivity contribution in [2.75, 3.05) is 12.8 Å². The zero-order valence-corrected chi connectivity index (χ0v) is 16.4. The van der Waals surface area contributed by atoms with Crippen molar-refractivity contribution in [2.45, 2.75) is 45.1 Å². The predicted octanol–water partition coefficient (Wildman–Crippen LogP) is 0.0899. The maximum atomic E-state index is 12.7. The highest BCUT2D eigenvalue weighted by Crippen LogP contribution is 2.52. The lowest BCUT2D eigenvalue weighted by Gasteiger charge is -2.36. The summed E-state index contributed by atoms with van der Waals surface area (Å²) in [5, 5.41) is 4.01. The van der Waals surface area contributed by atoms with Crippen LogP contribution >= 0.6 is 0 Å². The van der Waals surface area contributed by atoms with Gasteiger partial charge in [-0.15, -0.1) is 0 Å². The number of hydrogen-bond acceptors (Lipinski definition) is 7. The number of rotatable bonds is 4. The molecule has 2 fully saturated rings. The molecule has 0 aromatic carbocycles. The Balaban J connectivity index is 1.80. The highest BCUT2D eigenvalue weighted by atomic mass is 32.2. The van der Waals surface area contributed by atoms with Gasteiger partial charge in [0.25, 0.3) is 0 Å². The van der Waals surface area contributed by atoms with Crippen LogP contribution in [0.3, 0.4) is 0 Å². The Labute approximate surface area is 156 Å². The number of ether oxygens (including phenoxy) is 1. The smallest absolute Gasteiger partial charge is 0.348 e. The Morgan fingerprint density at radius 1 is 1.41 bits per heavy atom. The molecule has 4 heterocycles. The fourth-order valence-corrected chi connectivity index (χ4v) is 5.47. The van der Waals surface area contributed by atoms with Crippen molar-refractivity contribution in [2.24, 2.45) is 5.92 Å². The molecular formula is C16H22N6O4S. The van der Waals surface area contributed by atoms with E-state index >= 15 is 0 Å². The van der Waals surface area contributed by atoms with Crippen LogP contribution in [0.5, 0.6) is 0 Å². The van der Waals surface area contributed by atoms with Crippen LogP contribution in [-0.2, 0) is 14.8 Å². The molecule has 0 unspecified atom stereocenters. The summed E-state index contributed by atoms with van der Waals surface area (Å²) in [4.78, 5) is 20.7. The predicted molar refractivity (Wildman–Crippen MR) is 95.8 cm³/mol. The number of aromatic nitrogens is 5. The zero-order valence-electron chi connectivity index (χ0n) is 15.6. The van der Waals surface area contributed by atoms with Crippen LogP contribution < -0.4 is 5.69 Å². The second kappa shape index (κ2) is 5.94. The molecule has 0 amide bonds. The highest BCUT2D eigenvalue weighted by Gasteiger charge is 2.63. The van der Waals surface area contributed by atoms with Crippen LogP contribution in [0.1, 0.15) is 32.1 Å². The molecule has 4 rings (SSSR count). The number of morpholine rings is 1. The van der Waals surface area contributed by atoms with E-state index in [1.807, 2.05) is 13.8 Å². The molecule has 0 spiro atoms. The van der Waals surface area contributed by atoms with Gasteiger partial charge in [-0.3, -0.25) is 4.57 Å². The summed E-state index contributed by atoms with van der Waals surface area (Å²) in [6.07, 6.45) is 5.61. The summed E-state index contributed by atoms with van der Waals surface area (Å²) in [5.41, 5.74) is -0.415. The molecule has 2 aliphatic heterocycles. The van der Waals surface area contributed by atoms with E-state index in [1.165, 1.54) is 32.5 Å². The normalized spacial score (nSPS) is 30.9. The number of fused-ring (bicyclic) bond motifs is 2. The molecular weight excluding hydrogens is 372 g/mol. The van der Waals surface area contributed by atoms with Gasteiger partial charge in [-0.2, -0.15) is 14.4 Å². The molecule has 146 valence electrons. The van der Waals surface area contributed by atoms with Gasteiger partial charge in [0.05, 0.1) is 17.9 Å². The number of sulfonamides is 1. The third-order valence-electron chi connectivity index (χ3n) is 5.79. The van der Waals surface area contributed by atoms with Crippen LogP contribution in [0.2, 0.25) is 0 Å². The van der Waals surface area contributed by atoms with Crippen molar-refractivity contribution < 1.29 is 13.2 Å². The first-order chi connectivity index (χ1) is 12.7. The standard InChI is InChI=1S/C16H22N6O4S/c1-5-16-7-22(27(4,24)25)12(11(16)3)14(26-16)20-6-10(2)13(19-15(20)23)21-9-17-8-18-21/h6,8-9,11-12,14H,5,7H2,1-4H3/t11-,12+,14+,16-/m0/s1. The zero-order chi connectivity index (χ0) is 19.6. The lowest BCUT2D eigenvalue weighted by molar-refractivity contribution is -0.119. The minimum atomic E-state index is -3.43. The number of hydrogen-bond donors (Lipinski definition) is 0. The fourth-order valence-electron chi connectivity index (χ4n) is 4.28. The molecule has 0 radical (unpaired) electrons. The Hall–Kier alpha value is -2.11. The van der Waals surface area contributed by atoms with Gasteiger partial charge in [0.15, 0.2) is 12.0 Å². The molecule has 0 saturated carbocycles. The van der Waals surface area contributed by atoms with Gasteiger partial charge < -0.3 is 4.74 Å². The lowest BCUT2D eigenvalue weighted by atomic mass is 9.88. The van der Waals surface area contributed by atoms with Crippen molar-refractivity contribution in [1.29, 1.82) is 0 Å². The molecule has 2 aromatic heterocycles. The molecule has 0 aliphatic carbocycles. The molecule has 2 aliphatic rings. The monoisotopic (exact) mass is 394 g/mol. The van der Waals surface area contributed by atoms with Crippen LogP contribution in [0.4, 0.5) is 0 Å². The van der Waals surface area contributed by atoms with Crippen molar-refractivity contribution in [3.8, 4) is 5.82 Å². The summed E-state index contributed by atoms with van der Waals surface area (Å²) in [7, 11) is -3.43. The molecule has 2 saturated heterocycles. The molecule has 10 nitrogen and oxygen atoms in total. The van der Waals surface area contributed by atoms with Gasteiger partial charge in [0, 0.05) is 24.2 Å². The Kier molecular flexibility index (Phi) is 4.02. The van der Waals surface area contributed by atoms with E-state index in [2.05, 4.69) is 15.1 Å². The average Bonchev–Trinajstić information content (AvgIpc) is 3.30. The van der Waals surface area contributed by atoms with E-state index in [9.17, 15) is 13.2 Å². The Morgan fingerprint density at radius 2 is 2.15 bits per heavy atom. The molecule has 11 heteroatoms. The van der Waals surface area contributed by atoms with Crippen molar-refractivity contribution in [3.63, 3.8) is 0 Å². The van der Waals surface area contributed by atoms with Crippen molar-refractivity contribution >= 4 is 10.0 Å². The topological polar surface area (TPSA) is 112 Å². The third-order valence-corrected chi connectivity index (χ3v) is 7.01. The number of aryl methyl sites for hydroxylation is 1. The first kappa shape index (κ1) is 18.3. The van der Waals surface area contributed by atoms with E-state index < -0.39 is 33.6 Å². The van der Waals surface area contributed by atoms with Gasteiger partial charge in [0.1, 0.15) is 12.7 Å². The van der Waals surface area contributed by atoms with E-state index in [0.29, 0.717) is 24.3 Å². The van der Waals surface area contributed by atoms with E-state index in [1.54, 1.807) is 13.1 Å². The van der Waals surface area contributed by atoms with Gasteiger partial charge in [-0.05, 0) is 13.3 Å². The fraction of sp³-hybridized carbons (Fsp3) is 0.625. The molecule has 2 aromatic rings. The molecule has 27 heavy (non-hydrogen) atoms. The van der Waals surface area contributed by atoms with Crippen LogP contribution in [0.15, 0.2) is 23.6 Å². The number of nitrogens with zero attached hydrogens (tertiary/aromatic N) is 6. The summed E-state index contributed by atoms with van der Waals surface area (Å²) >= 11 is 0. The van der Waals surface area contributed by atoms with E-state index in [4.69, 9.17) is 4.74 Å². The SMILES string of the molecule is CC[C@@]12CN(S(C)(=O)=O)[C@@H]([C@H](n3cc(C)c(-n4cncn4)nc3=O)O1)[C@@H]2C. The van der Waals surface area contributed by atoms with Crippen molar-refractivity contribution in [3.05, 3.63) is 34.9 Å². The van der Waals surface area contributed by atoms with Crippen molar-refractivity contribution in [1.82, 2.24) is 28.6 Å². The Bertz CT molecular complexity index is 1030. The summed E-state index contributed by atoms with van der Waals surface area (Å²) < 4.78 is 35.2. The molecule has 0 N–H and O–H groups in total. The second-order valence-electron chi connectivity index (χ2n) is 7.29. The largest absolute Gasteiger partial charge is 0.351 e. The van der Waals surface area contributed by atoms with Gasteiger partial charge >= 0.3 is 5.69 Å². The maximum Gasteiger partial charge on any atom is 0.351 e. The average molecular weight is 394 g/mol. The minimum absolute atomic E-state index is 0.0376. The molecule has 4 atom stereocenters. The van der Waals surface area contributed by atoms with Crippen LogP contribution in [0.25, 0.3) is 5.82 Å². The maximum absolute atomic E-state index is 12.7. The van der Waals surface area contributed by atoms with Gasteiger partial charge in [0.2, 0.25) is 10.0 Å². The van der Waals surface area contributed by atoms with E-state index in [-0.39, 0.29) is 5.92 Å².